The van der Waals surface area contributed by atoms with Crippen molar-refractivity contribution in [2.45, 2.75) is 12.8 Å². The molecule has 1 aromatic heterocycles. The summed E-state index contributed by atoms with van der Waals surface area (Å²) >= 11 is 3.52. The van der Waals surface area contributed by atoms with E-state index in [0.29, 0.717) is 0 Å². The van der Waals surface area contributed by atoms with Crippen molar-refractivity contribution < 1.29 is 0 Å². The Kier molecular flexibility index (Phi) is 5.66. The average Bonchev–Trinajstić information content (AvgIpc) is 2.63. The minimum absolute atomic E-state index is 1.06. The lowest BCUT2D eigenvalue weighted by Crippen LogP contribution is -2.33. The molecule has 1 aliphatic rings. The van der Waals surface area contributed by atoms with Crippen LogP contribution in [0.5, 0.6) is 0 Å². The minimum atomic E-state index is 1.06. The number of hydrogen-bond acceptors (Lipinski definition) is 3. The molecule has 1 saturated heterocycles. The van der Waals surface area contributed by atoms with E-state index in [-0.39, 0.29) is 0 Å². The largest absolute Gasteiger partial charge is 0.338 e. The van der Waals surface area contributed by atoms with Crippen LogP contribution in [-0.4, -0.2) is 63.9 Å². The summed E-state index contributed by atoms with van der Waals surface area (Å²) < 4.78 is 2.12. The molecule has 0 radical (unpaired) electrons. The standard InChI is InChI=1S/C13H23BrN4/c1-16-10-5-15-13(16)3-8-17-6-2-7-18(9-4-14)12-11-17/h5,10H,2-4,6-9,11-12H2,1H3. The second-order valence-electron chi connectivity index (χ2n) is 4.93. The molecule has 0 aliphatic carbocycles. The van der Waals surface area contributed by atoms with Crippen molar-refractivity contribution in [3.05, 3.63) is 18.2 Å². The highest BCUT2D eigenvalue weighted by atomic mass is 79.9. The van der Waals surface area contributed by atoms with Gasteiger partial charge in [0.05, 0.1) is 0 Å². The highest BCUT2D eigenvalue weighted by Crippen LogP contribution is 2.05. The molecule has 4 nitrogen and oxygen atoms in total. The van der Waals surface area contributed by atoms with E-state index in [1.54, 1.807) is 0 Å². The topological polar surface area (TPSA) is 24.3 Å². The van der Waals surface area contributed by atoms with Crippen LogP contribution in [0.15, 0.2) is 12.4 Å². The van der Waals surface area contributed by atoms with E-state index in [2.05, 4.69) is 42.3 Å². The summed E-state index contributed by atoms with van der Waals surface area (Å²) in [6.07, 6.45) is 6.25. The van der Waals surface area contributed by atoms with E-state index in [1.165, 1.54) is 45.0 Å². The van der Waals surface area contributed by atoms with E-state index in [0.717, 1.165) is 18.3 Å². The molecule has 0 amide bonds. The number of nitrogens with zero attached hydrogens (tertiary/aromatic N) is 4. The van der Waals surface area contributed by atoms with Crippen LogP contribution in [-0.2, 0) is 13.5 Å². The summed E-state index contributed by atoms with van der Waals surface area (Å²) in [5.41, 5.74) is 0. The van der Waals surface area contributed by atoms with Crippen LogP contribution in [0, 0.1) is 0 Å². The lowest BCUT2D eigenvalue weighted by Gasteiger charge is -2.21. The minimum Gasteiger partial charge on any atom is -0.338 e. The van der Waals surface area contributed by atoms with Gasteiger partial charge in [-0.25, -0.2) is 4.98 Å². The van der Waals surface area contributed by atoms with Crippen LogP contribution < -0.4 is 0 Å². The first kappa shape index (κ1) is 14.0. The molecule has 0 aromatic carbocycles. The maximum absolute atomic E-state index is 4.39. The summed E-state index contributed by atoms with van der Waals surface area (Å²) in [6, 6.07) is 0. The summed E-state index contributed by atoms with van der Waals surface area (Å²) in [7, 11) is 2.07. The second kappa shape index (κ2) is 7.26. The Labute approximate surface area is 118 Å². The Morgan fingerprint density at radius 3 is 2.50 bits per heavy atom. The van der Waals surface area contributed by atoms with Crippen LogP contribution in [0.25, 0.3) is 0 Å². The first-order valence-corrected chi connectivity index (χ1v) is 7.88. The highest BCUT2D eigenvalue weighted by molar-refractivity contribution is 9.09. The number of aryl methyl sites for hydroxylation is 1. The van der Waals surface area contributed by atoms with Crippen LogP contribution >= 0.6 is 15.9 Å². The predicted molar refractivity (Wildman–Crippen MR) is 78.2 cm³/mol. The fourth-order valence-electron chi connectivity index (χ4n) is 2.49. The van der Waals surface area contributed by atoms with Crippen molar-refractivity contribution in [2.24, 2.45) is 7.05 Å². The highest BCUT2D eigenvalue weighted by Gasteiger charge is 2.14. The third-order valence-corrected chi connectivity index (χ3v) is 4.01. The lowest BCUT2D eigenvalue weighted by molar-refractivity contribution is 0.265. The third kappa shape index (κ3) is 4.07. The third-order valence-electron chi connectivity index (χ3n) is 3.65. The van der Waals surface area contributed by atoms with Gasteiger partial charge in [0, 0.05) is 57.4 Å². The van der Waals surface area contributed by atoms with Gasteiger partial charge in [-0.05, 0) is 19.5 Å². The molecule has 1 fully saturated rings. The van der Waals surface area contributed by atoms with Gasteiger partial charge in [0.15, 0.2) is 0 Å². The van der Waals surface area contributed by atoms with Gasteiger partial charge in [-0.1, -0.05) is 15.9 Å². The quantitative estimate of drug-likeness (QED) is 0.767. The maximum Gasteiger partial charge on any atom is 0.109 e. The average molecular weight is 315 g/mol. The Balaban J connectivity index is 1.75. The first-order valence-electron chi connectivity index (χ1n) is 6.76. The number of aromatic nitrogens is 2. The molecule has 0 saturated carbocycles. The lowest BCUT2D eigenvalue weighted by atomic mass is 10.3. The summed E-state index contributed by atoms with van der Waals surface area (Å²) in [5, 5.41) is 1.08. The zero-order valence-electron chi connectivity index (χ0n) is 11.2. The van der Waals surface area contributed by atoms with Crippen LogP contribution in [0.4, 0.5) is 0 Å². The van der Waals surface area contributed by atoms with Crippen LogP contribution in [0.1, 0.15) is 12.2 Å². The molecule has 18 heavy (non-hydrogen) atoms. The molecule has 0 spiro atoms. The van der Waals surface area contributed by atoms with Gasteiger partial charge < -0.3 is 14.4 Å². The van der Waals surface area contributed by atoms with Crippen molar-refractivity contribution in [3.63, 3.8) is 0 Å². The summed E-state index contributed by atoms with van der Waals surface area (Å²) in [6.45, 7) is 7.16. The van der Waals surface area contributed by atoms with Gasteiger partial charge in [-0.3, -0.25) is 0 Å². The monoisotopic (exact) mass is 314 g/mol. The molecular weight excluding hydrogens is 292 g/mol. The molecule has 2 heterocycles. The molecule has 0 bridgehead atoms. The SMILES string of the molecule is Cn1ccnc1CCN1CCCN(CCBr)CC1. The molecule has 5 heteroatoms. The molecule has 102 valence electrons. The number of halogens is 1. The second-order valence-corrected chi connectivity index (χ2v) is 5.72. The molecule has 0 unspecified atom stereocenters. The fraction of sp³-hybridized carbons (Fsp3) is 0.769. The van der Waals surface area contributed by atoms with Gasteiger partial charge >= 0.3 is 0 Å². The van der Waals surface area contributed by atoms with Crippen LogP contribution in [0.3, 0.4) is 0 Å². The number of alkyl halides is 1. The zero-order chi connectivity index (χ0) is 12.8. The van der Waals surface area contributed by atoms with Gasteiger partial charge in [-0.15, -0.1) is 0 Å². The van der Waals surface area contributed by atoms with E-state index in [9.17, 15) is 0 Å². The Morgan fingerprint density at radius 2 is 1.89 bits per heavy atom. The Hall–Kier alpha value is -0.390. The fourth-order valence-corrected chi connectivity index (χ4v) is 2.99. The zero-order valence-corrected chi connectivity index (χ0v) is 12.8. The molecule has 1 aliphatic heterocycles. The Bertz CT molecular complexity index is 353. The molecule has 1 aromatic rings. The van der Waals surface area contributed by atoms with Gasteiger partial charge in [0.2, 0.25) is 0 Å². The predicted octanol–water partition coefficient (Wildman–Crippen LogP) is 1.37. The molecule has 2 rings (SSSR count). The summed E-state index contributed by atoms with van der Waals surface area (Å²) in [5.74, 6) is 1.19. The van der Waals surface area contributed by atoms with Crippen molar-refractivity contribution in [1.82, 2.24) is 19.4 Å². The van der Waals surface area contributed by atoms with Gasteiger partial charge in [0.25, 0.3) is 0 Å². The van der Waals surface area contributed by atoms with E-state index in [4.69, 9.17) is 0 Å². The normalized spacial score (nSPS) is 19.0. The maximum atomic E-state index is 4.39. The van der Waals surface area contributed by atoms with Gasteiger partial charge in [-0.2, -0.15) is 0 Å². The first-order chi connectivity index (χ1) is 8.79. The van der Waals surface area contributed by atoms with E-state index in [1.807, 2.05) is 12.4 Å². The van der Waals surface area contributed by atoms with Crippen molar-refractivity contribution in [1.29, 1.82) is 0 Å². The molecule has 0 N–H and O–H groups in total. The van der Waals surface area contributed by atoms with E-state index < -0.39 is 0 Å². The van der Waals surface area contributed by atoms with Crippen LogP contribution in [0.2, 0.25) is 0 Å². The molecule has 0 atom stereocenters. The van der Waals surface area contributed by atoms with Gasteiger partial charge in [0.1, 0.15) is 5.82 Å². The van der Waals surface area contributed by atoms with Crippen molar-refractivity contribution >= 4 is 15.9 Å². The summed E-state index contributed by atoms with van der Waals surface area (Å²) in [4.78, 5) is 9.51. The number of imidazole rings is 1. The Morgan fingerprint density at radius 1 is 1.17 bits per heavy atom. The number of rotatable bonds is 5. The van der Waals surface area contributed by atoms with Crippen molar-refractivity contribution in [3.8, 4) is 0 Å². The number of hydrogen-bond donors (Lipinski definition) is 0. The smallest absolute Gasteiger partial charge is 0.109 e. The molecular formula is C13H23BrN4. The van der Waals surface area contributed by atoms with Crippen molar-refractivity contribution in [2.75, 3.05) is 44.6 Å². The van der Waals surface area contributed by atoms with E-state index >= 15 is 0 Å².